The Balaban J connectivity index is 1.64. The first-order valence-corrected chi connectivity index (χ1v) is 7.81. The van der Waals surface area contributed by atoms with Gasteiger partial charge in [-0.2, -0.15) is 0 Å². The fraction of sp³-hybridized carbons (Fsp3) is 0.412. The van der Waals surface area contributed by atoms with Gasteiger partial charge in [0.1, 0.15) is 5.69 Å². The Morgan fingerprint density at radius 1 is 1.23 bits per heavy atom. The third-order valence-electron chi connectivity index (χ3n) is 4.09. The van der Waals surface area contributed by atoms with Crippen molar-refractivity contribution in [1.82, 2.24) is 14.5 Å². The van der Waals surface area contributed by atoms with E-state index in [0.29, 0.717) is 11.6 Å². The van der Waals surface area contributed by atoms with Crippen LogP contribution in [0.2, 0.25) is 5.02 Å². The van der Waals surface area contributed by atoms with Crippen LogP contribution in [0.4, 0.5) is 0 Å². The number of rotatable bonds is 2. The highest BCUT2D eigenvalue weighted by molar-refractivity contribution is 6.30. The molecule has 22 heavy (non-hydrogen) atoms. The highest BCUT2D eigenvalue weighted by atomic mass is 35.5. The Morgan fingerprint density at radius 3 is 2.41 bits per heavy atom. The lowest BCUT2D eigenvalue weighted by Gasteiger charge is -2.39. The number of hydrogen-bond acceptors (Lipinski definition) is 2. The molecule has 0 bridgehead atoms. The van der Waals surface area contributed by atoms with Gasteiger partial charge in [-0.05, 0) is 38.5 Å². The second kappa shape index (κ2) is 5.43. The van der Waals surface area contributed by atoms with E-state index in [1.165, 1.54) is 5.56 Å². The maximum atomic E-state index is 12.4. The number of carbonyl (C=O) groups is 1. The third kappa shape index (κ3) is 2.88. The van der Waals surface area contributed by atoms with Crippen LogP contribution in [0.25, 0.3) is 0 Å². The first-order chi connectivity index (χ1) is 10.3. The molecular formula is C17H20ClN3O. The summed E-state index contributed by atoms with van der Waals surface area (Å²) in [6.07, 6.45) is 3.56. The smallest absolute Gasteiger partial charge is 0.274 e. The molecule has 4 nitrogen and oxygen atoms in total. The van der Waals surface area contributed by atoms with E-state index in [9.17, 15) is 4.79 Å². The normalized spacial score (nSPS) is 15.7. The zero-order valence-corrected chi connectivity index (χ0v) is 13.8. The fourth-order valence-corrected chi connectivity index (χ4v) is 2.68. The van der Waals surface area contributed by atoms with E-state index in [0.717, 1.165) is 18.1 Å². The van der Waals surface area contributed by atoms with Crippen LogP contribution in [0.15, 0.2) is 36.8 Å². The molecule has 1 aromatic heterocycles. The Hall–Kier alpha value is -1.81. The first-order valence-electron chi connectivity index (χ1n) is 7.44. The second-order valence-corrected chi connectivity index (χ2v) is 7.23. The number of likely N-dealkylation sites (tertiary alicyclic amines) is 1. The summed E-state index contributed by atoms with van der Waals surface area (Å²) in [6.45, 7) is 7.74. The molecule has 1 amide bonds. The fourth-order valence-electron chi connectivity index (χ4n) is 2.55. The minimum Gasteiger partial charge on any atom is -0.336 e. The third-order valence-corrected chi connectivity index (χ3v) is 4.34. The molecule has 0 saturated carbocycles. The largest absolute Gasteiger partial charge is 0.336 e. The molecule has 1 fully saturated rings. The molecule has 2 aromatic rings. The molecule has 1 aliphatic rings. The summed E-state index contributed by atoms with van der Waals surface area (Å²) in [4.78, 5) is 18.5. The van der Waals surface area contributed by atoms with Gasteiger partial charge in [0.25, 0.3) is 5.91 Å². The average molecular weight is 318 g/mol. The van der Waals surface area contributed by atoms with Gasteiger partial charge in [0.05, 0.1) is 6.33 Å². The molecule has 3 rings (SSSR count). The monoisotopic (exact) mass is 317 g/mol. The molecular weight excluding hydrogens is 298 g/mol. The zero-order chi connectivity index (χ0) is 15.9. The molecule has 1 aliphatic heterocycles. The number of halogens is 1. The number of hydrogen-bond donors (Lipinski definition) is 0. The Kier molecular flexibility index (Phi) is 3.73. The number of imidazole rings is 1. The minimum absolute atomic E-state index is 0.00761. The molecule has 116 valence electrons. The number of aromatic nitrogens is 2. The van der Waals surface area contributed by atoms with Crippen LogP contribution in [0.3, 0.4) is 0 Å². The van der Waals surface area contributed by atoms with Gasteiger partial charge in [-0.15, -0.1) is 0 Å². The van der Waals surface area contributed by atoms with Gasteiger partial charge in [-0.3, -0.25) is 4.79 Å². The number of amides is 1. The molecule has 1 aromatic carbocycles. The Bertz CT molecular complexity index is 679. The molecule has 0 atom stereocenters. The van der Waals surface area contributed by atoms with Crippen LogP contribution in [0.5, 0.6) is 0 Å². The summed E-state index contributed by atoms with van der Waals surface area (Å²) in [7, 11) is 0. The van der Waals surface area contributed by atoms with Crippen molar-refractivity contribution in [2.24, 2.45) is 0 Å². The molecule has 0 spiro atoms. The van der Waals surface area contributed by atoms with Gasteiger partial charge >= 0.3 is 0 Å². The summed E-state index contributed by atoms with van der Waals surface area (Å²) in [5.41, 5.74) is 1.69. The number of carbonyl (C=O) groups excluding carboxylic acids is 1. The van der Waals surface area contributed by atoms with Gasteiger partial charge in [0.2, 0.25) is 0 Å². The van der Waals surface area contributed by atoms with Crippen molar-refractivity contribution in [3.8, 4) is 0 Å². The lowest BCUT2D eigenvalue weighted by molar-refractivity contribution is 0.0596. The van der Waals surface area contributed by atoms with Crippen LogP contribution in [-0.4, -0.2) is 33.4 Å². The maximum Gasteiger partial charge on any atom is 0.274 e. The molecule has 2 heterocycles. The second-order valence-electron chi connectivity index (χ2n) is 6.80. The van der Waals surface area contributed by atoms with Crippen molar-refractivity contribution in [3.05, 3.63) is 53.1 Å². The van der Waals surface area contributed by atoms with E-state index in [1.807, 2.05) is 39.9 Å². The van der Waals surface area contributed by atoms with Crippen LogP contribution in [0.1, 0.15) is 42.7 Å². The lowest BCUT2D eigenvalue weighted by Crippen LogP contribution is -2.48. The van der Waals surface area contributed by atoms with Crippen molar-refractivity contribution in [2.45, 2.75) is 32.2 Å². The highest BCUT2D eigenvalue weighted by Crippen LogP contribution is 2.29. The predicted molar refractivity (Wildman–Crippen MR) is 87.3 cm³/mol. The van der Waals surface area contributed by atoms with Crippen LogP contribution < -0.4 is 0 Å². The minimum atomic E-state index is -0.0632. The average Bonchev–Trinajstić information content (AvgIpc) is 2.88. The van der Waals surface area contributed by atoms with Crippen molar-refractivity contribution in [3.63, 3.8) is 0 Å². The molecule has 0 aliphatic carbocycles. The SMILES string of the molecule is CC(C)(C)n1cnc(C(=O)N2CC(c3ccc(Cl)cc3)C2)c1. The summed E-state index contributed by atoms with van der Waals surface area (Å²) in [6, 6.07) is 7.85. The molecule has 0 unspecified atom stereocenters. The zero-order valence-electron chi connectivity index (χ0n) is 13.1. The molecule has 1 saturated heterocycles. The summed E-state index contributed by atoms with van der Waals surface area (Å²) in [5, 5.41) is 0.740. The van der Waals surface area contributed by atoms with Gasteiger partial charge < -0.3 is 9.47 Å². The van der Waals surface area contributed by atoms with E-state index in [-0.39, 0.29) is 11.4 Å². The summed E-state index contributed by atoms with van der Waals surface area (Å²) in [5.74, 6) is 0.402. The van der Waals surface area contributed by atoms with Gasteiger partial charge in [-0.1, -0.05) is 23.7 Å². The Morgan fingerprint density at radius 2 is 1.86 bits per heavy atom. The maximum absolute atomic E-state index is 12.4. The van der Waals surface area contributed by atoms with E-state index in [4.69, 9.17) is 11.6 Å². The number of nitrogens with zero attached hydrogens (tertiary/aromatic N) is 3. The predicted octanol–water partition coefficient (Wildman–Crippen LogP) is 3.53. The first kappa shape index (κ1) is 15.1. The lowest BCUT2D eigenvalue weighted by atomic mass is 9.91. The summed E-state index contributed by atoms with van der Waals surface area (Å²) < 4.78 is 1.97. The topological polar surface area (TPSA) is 38.1 Å². The van der Waals surface area contributed by atoms with Crippen molar-refractivity contribution in [2.75, 3.05) is 13.1 Å². The Labute approximate surface area is 135 Å². The van der Waals surface area contributed by atoms with E-state index >= 15 is 0 Å². The van der Waals surface area contributed by atoms with E-state index in [2.05, 4.69) is 25.8 Å². The standard InChI is InChI=1S/C17H20ClN3O/c1-17(2,3)21-10-15(19-11-21)16(22)20-8-13(9-20)12-4-6-14(18)7-5-12/h4-7,10-11,13H,8-9H2,1-3H3. The van der Waals surface area contributed by atoms with Gasteiger partial charge in [0, 0.05) is 35.8 Å². The van der Waals surface area contributed by atoms with E-state index in [1.54, 1.807) is 6.33 Å². The number of benzene rings is 1. The quantitative estimate of drug-likeness (QED) is 0.850. The van der Waals surface area contributed by atoms with Crippen LogP contribution in [0, 0.1) is 0 Å². The molecule has 5 heteroatoms. The van der Waals surface area contributed by atoms with E-state index < -0.39 is 0 Å². The van der Waals surface area contributed by atoms with Gasteiger partial charge in [0.15, 0.2) is 0 Å². The van der Waals surface area contributed by atoms with Crippen LogP contribution >= 0.6 is 11.6 Å². The van der Waals surface area contributed by atoms with Crippen molar-refractivity contribution in [1.29, 1.82) is 0 Å². The highest BCUT2D eigenvalue weighted by Gasteiger charge is 2.33. The molecule has 0 N–H and O–H groups in total. The van der Waals surface area contributed by atoms with Crippen LogP contribution in [-0.2, 0) is 5.54 Å². The van der Waals surface area contributed by atoms with Crippen molar-refractivity contribution < 1.29 is 4.79 Å². The molecule has 0 radical (unpaired) electrons. The van der Waals surface area contributed by atoms with Gasteiger partial charge in [-0.25, -0.2) is 4.98 Å². The van der Waals surface area contributed by atoms with Crippen molar-refractivity contribution >= 4 is 17.5 Å². The summed E-state index contributed by atoms with van der Waals surface area (Å²) >= 11 is 5.90.